The lowest BCUT2D eigenvalue weighted by Crippen LogP contribution is -2.35. The van der Waals surface area contributed by atoms with Gasteiger partial charge in [0.25, 0.3) is 0 Å². The van der Waals surface area contributed by atoms with Crippen molar-refractivity contribution >= 4 is 17.6 Å². The largest absolute Gasteiger partial charge is 0.480 e. The maximum Gasteiger partial charge on any atom is 0.358 e. The molecule has 2 heterocycles. The van der Waals surface area contributed by atoms with E-state index in [-0.39, 0.29) is 12.1 Å². The summed E-state index contributed by atoms with van der Waals surface area (Å²) in [6.45, 7) is 0. The molecule has 1 aromatic heterocycles. The fourth-order valence-electron chi connectivity index (χ4n) is 2.24. The van der Waals surface area contributed by atoms with Crippen LogP contribution in [0.4, 0.5) is 5.69 Å². The minimum absolute atomic E-state index is 0.148. The van der Waals surface area contributed by atoms with E-state index < -0.39 is 18.0 Å². The Morgan fingerprint density at radius 1 is 1.29 bits per heavy atom. The average Bonchev–Trinajstić information content (AvgIpc) is 3.04. The molecule has 108 valence electrons. The molecule has 9 heteroatoms. The monoisotopic (exact) mass is 290 g/mol. The highest BCUT2D eigenvalue weighted by atomic mass is 16.5. The maximum atomic E-state index is 11.0. The van der Waals surface area contributed by atoms with E-state index in [0.29, 0.717) is 22.0 Å². The number of hydroxylamine groups is 1. The number of anilines is 1. The quantitative estimate of drug-likeness (QED) is 0.729. The van der Waals surface area contributed by atoms with Crippen molar-refractivity contribution < 1.29 is 25.0 Å². The molecule has 0 aliphatic carbocycles. The van der Waals surface area contributed by atoms with E-state index in [9.17, 15) is 14.8 Å². The van der Waals surface area contributed by atoms with Crippen LogP contribution in [-0.4, -0.2) is 48.4 Å². The van der Waals surface area contributed by atoms with Crippen LogP contribution in [0.1, 0.15) is 16.1 Å². The van der Waals surface area contributed by atoms with Crippen molar-refractivity contribution in [2.75, 3.05) is 5.06 Å². The molecule has 0 radical (unpaired) electrons. The van der Waals surface area contributed by atoms with Gasteiger partial charge in [0.05, 0.1) is 17.6 Å². The Hall–Kier alpha value is -2.94. The Morgan fingerprint density at radius 3 is 2.67 bits per heavy atom. The number of carboxylic acids is 2. The van der Waals surface area contributed by atoms with Crippen molar-refractivity contribution in [1.82, 2.24) is 15.0 Å². The molecule has 1 unspecified atom stereocenters. The third-order valence-corrected chi connectivity index (χ3v) is 3.28. The van der Waals surface area contributed by atoms with Gasteiger partial charge in [0, 0.05) is 6.42 Å². The first kappa shape index (κ1) is 13.1. The van der Waals surface area contributed by atoms with Crippen LogP contribution in [-0.2, 0) is 11.2 Å². The normalized spacial score (nSPS) is 16.8. The number of rotatable bonds is 3. The van der Waals surface area contributed by atoms with Gasteiger partial charge in [-0.15, -0.1) is 5.10 Å². The summed E-state index contributed by atoms with van der Waals surface area (Å²) in [5.41, 5.74) is 1.38. The molecule has 1 aromatic carbocycles. The Bertz CT molecular complexity index is 741. The minimum atomic E-state index is -1.19. The summed E-state index contributed by atoms with van der Waals surface area (Å²) in [4.78, 5) is 21.8. The van der Waals surface area contributed by atoms with Crippen molar-refractivity contribution in [1.29, 1.82) is 0 Å². The second kappa shape index (κ2) is 4.56. The van der Waals surface area contributed by atoms with Crippen molar-refractivity contribution in [2.45, 2.75) is 12.5 Å². The number of aromatic nitrogens is 3. The van der Waals surface area contributed by atoms with Gasteiger partial charge >= 0.3 is 11.9 Å². The summed E-state index contributed by atoms with van der Waals surface area (Å²) in [5.74, 6) is -2.31. The highest BCUT2D eigenvalue weighted by Gasteiger charge is 2.34. The number of benzene rings is 1. The average molecular weight is 290 g/mol. The van der Waals surface area contributed by atoms with Crippen LogP contribution in [0.25, 0.3) is 5.69 Å². The first-order valence-corrected chi connectivity index (χ1v) is 5.97. The molecule has 1 atom stereocenters. The molecule has 2 aromatic rings. The molecular weight excluding hydrogens is 280 g/mol. The molecule has 1 aliphatic heterocycles. The predicted molar refractivity (Wildman–Crippen MR) is 67.7 cm³/mol. The molecule has 0 saturated carbocycles. The zero-order valence-electron chi connectivity index (χ0n) is 10.5. The molecule has 0 spiro atoms. The molecule has 0 bridgehead atoms. The SMILES string of the molecule is O=C(O)c1cn(-c2ccc3c(c2)CC(C(=O)O)N3O)nn1. The van der Waals surface area contributed by atoms with Crippen LogP contribution in [0, 0.1) is 0 Å². The molecular formula is C12H10N4O5. The van der Waals surface area contributed by atoms with Crippen LogP contribution < -0.4 is 5.06 Å². The lowest BCUT2D eigenvalue weighted by atomic mass is 10.1. The zero-order valence-corrected chi connectivity index (χ0v) is 10.5. The second-order valence-electron chi connectivity index (χ2n) is 4.57. The van der Waals surface area contributed by atoms with E-state index in [0.717, 1.165) is 0 Å². The van der Waals surface area contributed by atoms with Crippen LogP contribution in [0.3, 0.4) is 0 Å². The summed E-state index contributed by atoms with van der Waals surface area (Å²) in [6.07, 6.45) is 1.40. The van der Waals surface area contributed by atoms with Gasteiger partial charge in [-0.05, 0) is 23.8 Å². The van der Waals surface area contributed by atoms with Gasteiger partial charge in [0.2, 0.25) is 0 Å². The molecule has 3 rings (SSSR count). The smallest absolute Gasteiger partial charge is 0.358 e. The molecule has 0 saturated heterocycles. The number of aliphatic carboxylic acids is 1. The zero-order chi connectivity index (χ0) is 15.1. The van der Waals surface area contributed by atoms with E-state index in [1.54, 1.807) is 18.2 Å². The number of hydrogen-bond acceptors (Lipinski definition) is 6. The van der Waals surface area contributed by atoms with Gasteiger partial charge < -0.3 is 10.2 Å². The van der Waals surface area contributed by atoms with E-state index in [4.69, 9.17) is 10.2 Å². The van der Waals surface area contributed by atoms with Crippen molar-refractivity contribution in [2.24, 2.45) is 0 Å². The number of aromatic carboxylic acids is 1. The molecule has 1 aliphatic rings. The van der Waals surface area contributed by atoms with Crippen molar-refractivity contribution in [3.8, 4) is 5.69 Å². The van der Waals surface area contributed by atoms with Gasteiger partial charge in [-0.3, -0.25) is 5.21 Å². The fraction of sp³-hybridized carbons (Fsp3) is 0.167. The summed E-state index contributed by atoms with van der Waals surface area (Å²) in [7, 11) is 0. The van der Waals surface area contributed by atoms with Crippen molar-refractivity contribution in [3.63, 3.8) is 0 Å². The highest BCUT2D eigenvalue weighted by Crippen LogP contribution is 2.32. The third-order valence-electron chi connectivity index (χ3n) is 3.28. The van der Waals surface area contributed by atoms with E-state index in [1.807, 2.05) is 0 Å². The van der Waals surface area contributed by atoms with E-state index in [1.165, 1.54) is 10.9 Å². The molecule has 3 N–H and O–H groups in total. The van der Waals surface area contributed by atoms with Crippen LogP contribution in [0.15, 0.2) is 24.4 Å². The number of carbonyl (C=O) groups is 2. The number of carboxylic acid groups (broad SMARTS) is 2. The van der Waals surface area contributed by atoms with Gasteiger partial charge in [-0.2, -0.15) is 0 Å². The van der Waals surface area contributed by atoms with Gasteiger partial charge in [0.1, 0.15) is 0 Å². The number of fused-ring (bicyclic) bond motifs is 1. The van der Waals surface area contributed by atoms with Crippen LogP contribution in [0.5, 0.6) is 0 Å². The van der Waals surface area contributed by atoms with Crippen LogP contribution in [0.2, 0.25) is 0 Å². The number of nitrogens with zero attached hydrogens (tertiary/aromatic N) is 4. The summed E-state index contributed by atoms with van der Waals surface area (Å²) in [5, 5.41) is 35.5. The summed E-state index contributed by atoms with van der Waals surface area (Å²) < 4.78 is 1.28. The van der Waals surface area contributed by atoms with Gasteiger partial charge in [0.15, 0.2) is 11.7 Å². The third kappa shape index (κ3) is 2.09. The van der Waals surface area contributed by atoms with E-state index >= 15 is 0 Å². The van der Waals surface area contributed by atoms with E-state index in [2.05, 4.69) is 10.3 Å². The topological polar surface area (TPSA) is 129 Å². The number of hydrogen-bond donors (Lipinski definition) is 3. The molecule has 9 nitrogen and oxygen atoms in total. The Balaban J connectivity index is 1.96. The molecule has 21 heavy (non-hydrogen) atoms. The van der Waals surface area contributed by atoms with Crippen molar-refractivity contribution in [3.05, 3.63) is 35.7 Å². The predicted octanol–water partition coefficient (Wildman–Crippen LogP) is 0.170. The Labute approximate surface area is 117 Å². The summed E-state index contributed by atoms with van der Waals surface area (Å²) in [6, 6.07) is 3.75. The fourth-order valence-corrected chi connectivity index (χ4v) is 2.24. The maximum absolute atomic E-state index is 11.0. The first-order valence-electron chi connectivity index (χ1n) is 5.97. The Kier molecular flexibility index (Phi) is 2.84. The second-order valence-corrected chi connectivity index (χ2v) is 4.57. The van der Waals surface area contributed by atoms with Gasteiger partial charge in [-0.1, -0.05) is 5.21 Å². The highest BCUT2D eigenvalue weighted by molar-refractivity contribution is 5.85. The lowest BCUT2D eigenvalue weighted by Gasteiger charge is -2.15. The van der Waals surface area contributed by atoms with Gasteiger partial charge in [-0.25, -0.2) is 19.3 Å². The van der Waals surface area contributed by atoms with Crippen LogP contribution >= 0.6 is 0 Å². The first-order chi connectivity index (χ1) is 9.97. The summed E-state index contributed by atoms with van der Waals surface area (Å²) >= 11 is 0. The standard InChI is InChI=1S/C12H10N4O5/c17-11(18)8-5-15(14-13-8)7-1-2-9-6(3-7)4-10(12(19)20)16(9)21/h1-3,5,10,21H,4H2,(H,17,18)(H,19,20). The lowest BCUT2D eigenvalue weighted by molar-refractivity contribution is -0.139. The minimum Gasteiger partial charge on any atom is -0.480 e. The molecule has 0 amide bonds. The Morgan fingerprint density at radius 2 is 2.05 bits per heavy atom. The molecule has 0 fully saturated rings.